The second-order valence-corrected chi connectivity index (χ2v) is 5.26. The van der Waals surface area contributed by atoms with Crippen molar-refractivity contribution in [3.05, 3.63) is 32.3 Å². The van der Waals surface area contributed by atoms with E-state index < -0.39 is 0 Å². The van der Waals surface area contributed by atoms with E-state index in [1.54, 1.807) is 6.92 Å². The molecule has 1 N–H and O–H groups in total. The predicted molar refractivity (Wildman–Crippen MR) is 68.4 cm³/mol. The topological polar surface area (TPSA) is 32.9 Å². The van der Waals surface area contributed by atoms with Crippen LogP contribution in [0.15, 0.2) is 21.1 Å². The molecule has 0 amide bonds. The number of aryl methyl sites for hydroxylation is 1. The van der Waals surface area contributed by atoms with E-state index in [9.17, 15) is 4.79 Å². The number of ketones is 1. The standard InChI is InChI=1S/C11H9Br2NO/c1-5-8-3-7(12)4-9(13)11(8)14-10(5)6(2)15/h3-4,14H,1-2H3. The number of H-pyrrole nitrogens is 1. The minimum atomic E-state index is 0.0618. The average molecular weight is 331 g/mol. The van der Waals surface area contributed by atoms with E-state index in [4.69, 9.17) is 0 Å². The van der Waals surface area contributed by atoms with Crippen molar-refractivity contribution >= 4 is 48.5 Å². The summed E-state index contributed by atoms with van der Waals surface area (Å²) in [6.45, 7) is 3.52. The van der Waals surface area contributed by atoms with Gasteiger partial charge in [-0.2, -0.15) is 0 Å². The first-order valence-electron chi connectivity index (χ1n) is 4.49. The zero-order valence-electron chi connectivity index (χ0n) is 8.32. The van der Waals surface area contributed by atoms with Crippen LogP contribution in [-0.2, 0) is 0 Å². The molecule has 2 rings (SSSR count). The maximum atomic E-state index is 11.4. The van der Waals surface area contributed by atoms with Crippen molar-refractivity contribution in [1.82, 2.24) is 4.98 Å². The van der Waals surface area contributed by atoms with E-state index in [2.05, 4.69) is 36.8 Å². The number of aromatic nitrogens is 1. The van der Waals surface area contributed by atoms with Gasteiger partial charge in [0, 0.05) is 21.3 Å². The highest BCUT2D eigenvalue weighted by Gasteiger charge is 2.13. The van der Waals surface area contributed by atoms with Gasteiger partial charge >= 0.3 is 0 Å². The van der Waals surface area contributed by atoms with Crippen LogP contribution < -0.4 is 0 Å². The highest BCUT2D eigenvalue weighted by molar-refractivity contribution is 9.11. The Kier molecular flexibility index (Phi) is 2.73. The Labute approximate surface area is 104 Å². The summed E-state index contributed by atoms with van der Waals surface area (Å²) in [4.78, 5) is 14.5. The fourth-order valence-corrected chi connectivity index (χ4v) is 3.03. The van der Waals surface area contributed by atoms with Gasteiger partial charge in [-0.1, -0.05) is 15.9 Å². The third-order valence-electron chi connectivity index (χ3n) is 2.44. The minimum Gasteiger partial charge on any atom is -0.351 e. The predicted octanol–water partition coefficient (Wildman–Crippen LogP) is 4.20. The maximum absolute atomic E-state index is 11.4. The van der Waals surface area contributed by atoms with Crippen LogP contribution in [0.3, 0.4) is 0 Å². The summed E-state index contributed by atoms with van der Waals surface area (Å²) in [6, 6.07) is 3.97. The van der Waals surface area contributed by atoms with Crippen LogP contribution in [0.2, 0.25) is 0 Å². The molecule has 0 aliphatic carbocycles. The first-order chi connectivity index (χ1) is 7.00. The van der Waals surface area contributed by atoms with Crippen molar-refractivity contribution in [3.8, 4) is 0 Å². The number of hydrogen-bond acceptors (Lipinski definition) is 1. The van der Waals surface area contributed by atoms with Gasteiger partial charge in [-0.3, -0.25) is 4.79 Å². The molecule has 0 spiro atoms. The van der Waals surface area contributed by atoms with E-state index in [1.807, 2.05) is 19.1 Å². The number of carbonyl (C=O) groups excluding carboxylic acids is 1. The molecule has 1 aromatic heterocycles. The lowest BCUT2D eigenvalue weighted by molar-refractivity contribution is 0.101. The van der Waals surface area contributed by atoms with Crippen LogP contribution in [0.25, 0.3) is 10.9 Å². The van der Waals surface area contributed by atoms with Crippen molar-refractivity contribution in [1.29, 1.82) is 0 Å². The van der Waals surface area contributed by atoms with Gasteiger partial charge in [0.25, 0.3) is 0 Å². The van der Waals surface area contributed by atoms with E-state index in [-0.39, 0.29) is 5.78 Å². The van der Waals surface area contributed by atoms with Crippen LogP contribution in [-0.4, -0.2) is 10.8 Å². The summed E-state index contributed by atoms with van der Waals surface area (Å²) in [7, 11) is 0. The van der Waals surface area contributed by atoms with Gasteiger partial charge in [-0.25, -0.2) is 0 Å². The molecule has 1 heterocycles. The average Bonchev–Trinajstić information content (AvgIpc) is 2.44. The lowest BCUT2D eigenvalue weighted by atomic mass is 10.1. The molecule has 0 bridgehead atoms. The lowest BCUT2D eigenvalue weighted by Gasteiger charge is -1.96. The normalized spacial score (nSPS) is 10.9. The Balaban J connectivity index is 2.88. The quantitative estimate of drug-likeness (QED) is 0.781. The molecular weight excluding hydrogens is 322 g/mol. The molecule has 0 aliphatic heterocycles. The van der Waals surface area contributed by atoms with Gasteiger partial charge < -0.3 is 4.98 Å². The van der Waals surface area contributed by atoms with Crippen LogP contribution in [0.1, 0.15) is 23.0 Å². The zero-order valence-corrected chi connectivity index (χ0v) is 11.5. The molecule has 4 heteroatoms. The molecule has 0 atom stereocenters. The number of fused-ring (bicyclic) bond motifs is 1. The van der Waals surface area contributed by atoms with Crippen molar-refractivity contribution in [2.45, 2.75) is 13.8 Å². The highest BCUT2D eigenvalue weighted by atomic mass is 79.9. The Hall–Kier alpha value is -0.610. The lowest BCUT2D eigenvalue weighted by Crippen LogP contribution is -1.93. The van der Waals surface area contributed by atoms with Crippen molar-refractivity contribution in [3.63, 3.8) is 0 Å². The van der Waals surface area contributed by atoms with E-state index in [0.29, 0.717) is 5.69 Å². The summed E-state index contributed by atoms with van der Waals surface area (Å²) >= 11 is 6.91. The molecule has 0 unspecified atom stereocenters. The van der Waals surface area contributed by atoms with Gasteiger partial charge in [0.15, 0.2) is 5.78 Å². The second-order valence-electron chi connectivity index (χ2n) is 3.49. The summed E-state index contributed by atoms with van der Waals surface area (Å²) in [5.41, 5.74) is 2.66. The smallest absolute Gasteiger partial charge is 0.176 e. The number of halogens is 2. The number of rotatable bonds is 1. The molecule has 15 heavy (non-hydrogen) atoms. The summed E-state index contributed by atoms with van der Waals surface area (Å²) in [5, 5.41) is 1.07. The van der Waals surface area contributed by atoms with Crippen LogP contribution in [0.5, 0.6) is 0 Å². The molecule has 0 saturated carbocycles. The van der Waals surface area contributed by atoms with Gasteiger partial charge in [-0.15, -0.1) is 0 Å². The van der Waals surface area contributed by atoms with Crippen molar-refractivity contribution in [2.24, 2.45) is 0 Å². The van der Waals surface area contributed by atoms with E-state index in [1.165, 1.54) is 0 Å². The molecule has 0 radical (unpaired) electrons. The monoisotopic (exact) mass is 329 g/mol. The minimum absolute atomic E-state index is 0.0618. The SMILES string of the molecule is CC(=O)c1[nH]c2c(Br)cc(Br)cc2c1C. The largest absolute Gasteiger partial charge is 0.351 e. The number of aromatic amines is 1. The Bertz CT molecular complexity index is 557. The number of Topliss-reactive ketones (excluding diaryl/α,β-unsaturated/α-hetero) is 1. The van der Waals surface area contributed by atoms with Crippen molar-refractivity contribution in [2.75, 3.05) is 0 Å². The third-order valence-corrected chi connectivity index (χ3v) is 3.52. The number of carbonyl (C=O) groups is 1. The first-order valence-corrected chi connectivity index (χ1v) is 6.07. The molecule has 1 aromatic carbocycles. The van der Waals surface area contributed by atoms with Gasteiger partial charge in [0.2, 0.25) is 0 Å². The summed E-state index contributed by atoms with van der Waals surface area (Å²) in [6.07, 6.45) is 0. The van der Waals surface area contributed by atoms with E-state index >= 15 is 0 Å². The van der Waals surface area contributed by atoms with Gasteiger partial charge in [0.1, 0.15) is 0 Å². The molecule has 0 fully saturated rings. The van der Waals surface area contributed by atoms with Crippen molar-refractivity contribution < 1.29 is 4.79 Å². The zero-order chi connectivity index (χ0) is 11.2. The summed E-state index contributed by atoms with van der Waals surface area (Å²) < 4.78 is 1.96. The second kappa shape index (κ2) is 3.76. The van der Waals surface area contributed by atoms with Gasteiger partial charge in [-0.05, 0) is 40.5 Å². The Morgan fingerprint density at radius 2 is 2.00 bits per heavy atom. The molecule has 2 aromatic rings. The Morgan fingerprint density at radius 1 is 1.33 bits per heavy atom. The third kappa shape index (κ3) is 1.76. The number of hydrogen-bond donors (Lipinski definition) is 1. The maximum Gasteiger partial charge on any atom is 0.176 e. The first kappa shape index (κ1) is 10.9. The van der Waals surface area contributed by atoms with Crippen LogP contribution >= 0.6 is 31.9 Å². The fourth-order valence-electron chi connectivity index (χ4n) is 1.70. The highest BCUT2D eigenvalue weighted by Crippen LogP contribution is 2.31. The van der Waals surface area contributed by atoms with Crippen LogP contribution in [0, 0.1) is 6.92 Å². The Morgan fingerprint density at radius 3 is 2.60 bits per heavy atom. The number of nitrogens with one attached hydrogen (secondary N) is 1. The van der Waals surface area contributed by atoms with Crippen LogP contribution in [0.4, 0.5) is 0 Å². The molecule has 0 saturated heterocycles. The van der Waals surface area contributed by atoms with E-state index in [0.717, 1.165) is 25.4 Å². The molecule has 2 nitrogen and oxygen atoms in total. The van der Waals surface area contributed by atoms with Gasteiger partial charge in [0.05, 0.1) is 11.2 Å². The number of benzene rings is 1. The molecule has 78 valence electrons. The molecular formula is C11H9Br2NO. The summed E-state index contributed by atoms with van der Waals surface area (Å²) in [5.74, 6) is 0.0618. The molecule has 0 aliphatic rings. The fraction of sp³-hybridized carbons (Fsp3) is 0.182.